The van der Waals surface area contributed by atoms with Crippen LogP contribution < -0.4 is 26.6 Å². The number of hydrogen-bond donors (Lipinski definition) is 7. The maximum absolute atomic E-state index is 14.8. The number of fused-ring (bicyclic) bond motifs is 3. The van der Waals surface area contributed by atoms with Crippen molar-refractivity contribution in [2.75, 3.05) is 6.54 Å². The van der Waals surface area contributed by atoms with Gasteiger partial charge in [-0.05, 0) is 60.0 Å². The highest BCUT2D eigenvalue weighted by molar-refractivity contribution is 5.99. The van der Waals surface area contributed by atoms with Crippen LogP contribution in [0.2, 0.25) is 0 Å². The highest BCUT2D eigenvalue weighted by Gasteiger charge is 2.41. The van der Waals surface area contributed by atoms with Crippen molar-refractivity contribution in [3.05, 3.63) is 144 Å². The molecule has 2 aliphatic heterocycles. The fourth-order valence-electron chi connectivity index (χ4n) is 8.77. The third-order valence-electron chi connectivity index (χ3n) is 12.1. The van der Waals surface area contributed by atoms with Crippen LogP contribution >= 0.6 is 0 Å². The summed E-state index contributed by atoms with van der Waals surface area (Å²) in [7, 11) is 0. The molecule has 4 heterocycles. The third kappa shape index (κ3) is 9.84. The van der Waals surface area contributed by atoms with Gasteiger partial charge in [0.1, 0.15) is 36.3 Å². The average Bonchev–Trinajstić information content (AvgIpc) is 4.07. The molecule has 0 bridgehead atoms. The van der Waals surface area contributed by atoms with Crippen molar-refractivity contribution >= 4 is 57.2 Å². The fourth-order valence-corrected chi connectivity index (χ4v) is 8.77. The second kappa shape index (κ2) is 19.4. The molecule has 6 amide bonds. The Labute approximate surface area is 370 Å². The quantitative estimate of drug-likeness (QED) is 0.116. The summed E-state index contributed by atoms with van der Waals surface area (Å²) in [5, 5.41) is 26.9. The largest absolute Gasteiger partial charge is 0.391 e. The normalized spacial score (nSPS) is 23.3. The Balaban J connectivity index is 1.20. The molecule has 2 aromatic heterocycles. The zero-order valence-corrected chi connectivity index (χ0v) is 35.4. The lowest BCUT2D eigenvalue weighted by molar-refractivity contribution is -0.143. The van der Waals surface area contributed by atoms with Crippen LogP contribution in [0.15, 0.2) is 128 Å². The van der Waals surface area contributed by atoms with Crippen LogP contribution in [0.5, 0.6) is 0 Å². The minimum absolute atomic E-state index is 0.000786. The maximum atomic E-state index is 14.8. The average molecular weight is 865 g/mol. The van der Waals surface area contributed by atoms with Crippen molar-refractivity contribution in [1.29, 1.82) is 0 Å². The summed E-state index contributed by atoms with van der Waals surface area (Å²) in [4.78, 5) is 91.9. The number of aromatic nitrogens is 2. The summed E-state index contributed by atoms with van der Waals surface area (Å²) in [6.45, 7) is 1.54. The summed E-state index contributed by atoms with van der Waals surface area (Å²) in [6, 6.07) is 27.6. The van der Waals surface area contributed by atoms with Crippen molar-refractivity contribution < 1.29 is 33.9 Å². The molecule has 2 fully saturated rings. The number of nitrogens with zero attached hydrogens (tertiary/aromatic N) is 2. The molecule has 330 valence electrons. The maximum Gasteiger partial charge on any atom is 0.246 e. The number of H-pyrrole nitrogens is 1. The number of nitrogens with one attached hydrogen (secondary N) is 6. The van der Waals surface area contributed by atoms with E-state index in [4.69, 9.17) is 0 Å². The van der Waals surface area contributed by atoms with E-state index in [1.54, 1.807) is 42.6 Å². The van der Waals surface area contributed by atoms with E-state index in [-0.39, 0.29) is 32.4 Å². The number of carbonyl (C=O) groups is 6. The monoisotopic (exact) mass is 864 g/mol. The van der Waals surface area contributed by atoms with Gasteiger partial charge in [-0.1, -0.05) is 97.1 Å². The fraction of sp³-hybridized carbons (Fsp3) is 0.306. The summed E-state index contributed by atoms with van der Waals surface area (Å²) in [5.41, 5.74) is 3.77. The van der Waals surface area contributed by atoms with Crippen molar-refractivity contribution in [3.8, 4) is 0 Å². The minimum Gasteiger partial charge on any atom is -0.391 e. The number of aromatic amines is 1. The molecule has 0 unspecified atom stereocenters. The van der Waals surface area contributed by atoms with Gasteiger partial charge in [-0.2, -0.15) is 0 Å². The van der Waals surface area contributed by atoms with E-state index < -0.39 is 77.8 Å². The molecule has 0 spiro atoms. The molecule has 2 aliphatic rings. The summed E-state index contributed by atoms with van der Waals surface area (Å²) >= 11 is 0. The lowest BCUT2D eigenvalue weighted by atomic mass is 10.0. The van der Waals surface area contributed by atoms with E-state index in [0.717, 1.165) is 32.9 Å². The molecule has 7 N–H and O–H groups in total. The van der Waals surface area contributed by atoms with Gasteiger partial charge in [-0.25, -0.2) is 0 Å². The second-order valence-corrected chi connectivity index (χ2v) is 16.6. The van der Waals surface area contributed by atoms with Crippen molar-refractivity contribution in [1.82, 2.24) is 41.0 Å². The zero-order valence-electron chi connectivity index (χ0n) is 35.4. The molecule has 6 aromatic rings. The first-order valence-corrected chi connectivity index (χ1v) is 21.7. The van der Waals surface area contributed by atoms with Gasteiger partial charge in [0.2, 0.25) is 35.4 Å². The van der Waals surface area contributed by atoms with Gasteiger partial charge in [0.05, 0.1) is 12.6 Å². The molecule has 15 nitrogen and oxygen atoms in total. The van der Waals surface area contributed by atoms with Gasteiger partial charge in [-0.3, -0.25) is 28.8 Å². The van der Waals surface area contributed by atoms with Gasteiger partial charge < -0.3 is 46.1 Å². The van der Waals surface area contributed by atoms with Crippen LogP contribution in [0.1, 0.15) is 36.5 Å². The lowest BCUT2D eigenvalue weighted by Crippen LogP contribution is -2.63. The predicted octanol–water partition coefficient (Wildman–Crippen LogP) is 2.66. The number of rotatable bonds is 9. The molecule has 64 heavy (non-hydrogen) atoms. The Kier molecular flexibility index (Phi) is 13.2. The molecule has 15 heteroatoms. The smallest absolute Gasteiger partial charge is 0.246 e. The lowest BCUT2D eigenvalue weighted by Gasteiger charge is -2.32. The van der Waals surface area contributed by atoms with Crippen molar-refractivity contribution in [2.45, 2.75) is 87.9 Å². The number of carbonyl (C=O) groups excluding carboxylic acids is 6. The van der Waals surface area contributed by atoms with Crippen LogP contribution in [0, 0.1) is 0 Å². The van der Waals surface area contributed by atoms with E-state index in [9.17, 15) is 33.9 Å². The van der Waals surface area contributed by atoms with Gasteiger partial charge in [0.15, 0.2) is 0 Å². The van der Waals surface area contributed by atoms with Crippen LogP contribution in [0.3, 0.4) is 0 Å². The van der Waals surface area contributed by atoms with E-state index in [1.165, 1.54) is 11.8 Å². The Bertz CT molecular complexity index is 2640. The van der Waals surface area contributed by atoms with Crippen molar-refractivity contribution in [2.24, 2.45) is 0 Å². The third-order valence-corrected chi connectivity index (χ3v) is 12.1. The number of aliphatic hydroxyl groups excluding tert-OH is 1. The summed E-state index contributed by atoms with van der Waals surface area (Å²) in [5.74, 6) is -4.05. The van der Waals surface area contributed by atoms with Gasteiger partial charge >= 0.3 is 0 Å². The summed E-state index contributed by atoms with van der Waals surface area (Å²) < 4.78 is 1.85. The molecule has 4 aromatic carbocycles. The molecule has 7 atom stereocenters. The minimum atomic E-state index is -1.54. The molecular formula is C49H52N8O7. The van der Waals surface area contributed by atoms with E-state index in [0.29, 0.717) is 18.4 Å². The van der Waals surface area contributed by atoms with E-state index in [1.807, 2.05) is 89.6 Å². The molecule has 8 rings (SSSR count). The number of benzene rings is 4. The molecular weight excluding hydrogens is 813 g/mol. The highest BCUT2D eigenvalue weighted by Crippen LogP contribution is 2.23. The first kappa shape index (κ1) is 43.4. The van der Waals surface area contributed by atoms with E-state index >= 15 is 0 Å². The highest BCUT2D eigenvalue weighted by atomic mass is 16.3. The number of hydrogen-bond acceptors (Lipinski definition) is 7. The van der Waals surface area contributed by atoms with E-state index in [2.05, 4.69) is 31.6 Å². The summed E-state index contributed by atoms with van der Waals surface area (Å²) in [6.07, 6.45) is 2.98. The molecule has 0 aliphatic carbocycles. The molecule has 2 saturated heterocycles. The second-order valence-electron chi connectivity index (χ2n) is 16.6. The Morgan fingerprint density at radius 2 is 1.19 bits per heavy atom. The Hall–Kier alpha value is -7.26. The molecule has 0 radical (unpaired) electrons. The number of amides is 6. The molecule has 0 saturated carbocycles. The topological polar surface area (TPSA) is 207 Å². The van der Waals surface area contributed by atoms with Crippen LogP contribution in [0.4, 0.5) is 0 Å². The zero-order chi connectivity index (χ0) is 44.7. The first-order valence-electron chi connectivity index (χ1n) is 21.7. The first-order chi connectivity index (χ1) is 31.0. The Morgan fingerprint density at radius 3 is 1.91 bits per heavy atom. The van der Waals surface area contributed by atoms with Gasteiger partial charge in [-0.15, -0.1) is 0 Å². The number of para-hydroxylation sites is 2. The van der Waals surface area contributed by atoms with Gasteiger partial charge in [0, 0.05) is 54.6 Å². The number of aliphatic hydroxyl groups is 1. The van der Waals surface area contributed by atoms with Gasteiger partial charge in [0.25, 0.3) is 0 Å². The van der Waals surface area contributed by atoms with Crippen molar-refractivity contribution in [3.63, 3.8) is 0 Å². The van der Waals surface area contributed by atoms with Crippen LogP contribution in [-0.2, 0) is 54.6 Å². The predicted molar refractivity (Wildman–Crippen MR) is 240 cm³/mol. The standard InChI is InChI=1S/C49H52N8O7/c1-30(58)43-48(63)53-39(26-32-15-6-3-7-16-32)49(64)57-23-12-21-42(57)47(62)54-40(29-56-24-22-33-17-8-11-20-41(33)56)46(61)52-38(27-34-28-50-36-19-10-9-18-35(34)36)44(59)51-37(45(60)55-43)25-31-13-4-2-5-14-31/h2-11,13-20,22,24,28,30,37-40,42-43,50,58H,12,21,23,25-27,29H2,1H3,(H,51,59)(H,52,61)(H,53,63)(H,54,62)(H,55,60)/t30-,37+,38-,39+,40+,42+,43+/m1/s1. The SMILES string of the molecule is C[C@@H](O)[C@@H]1NC(=O)[C@H](Cc2ccccc2)NC(=O)[C@@H](Cc2c[nH]c3ccccc23)NC(=O)[C@H](Cn2ccc3ccccc32)NC(=O)[C@@H]2CCCN2C(=O)[C@H](Cc2ccccc2)NC1=O. The van der Waals surface area contributed by atoms with Crippen LogP contribution in [0.25, 0.3) is 21.8 Å². The Morgan fingerprint density at radius 1 is 0.609 bits per heavy atom. The van der Waals surface area contributed by atoms with Crippen LogP contribution in [-0.4, -0.2) is 104 Å².